The van der Waals surface area contributed by atoms with E-state index in [1.54, 1.807) is 24.3 Å². The lowest BCUT2D eigenvalue weighted by Gasteiger charge is -2.06. The number of rotatable bonds is 5. The molecule has 0 saturated carbocycles. The minimum atomic E-state index is -0.471. The Bertz CT molecular complexity index is 942. The first-order chi connectivity index (χ1) is 12.4. The van der Waals surface area contributed by atoms with Crippen LogP contribution < -0.4 is 5.32 Å². The average molecular weight is 351 g/mol. The third-order valence-corrected chi connectivity index (χ3v) is 3.93. The lowest BCUT2D eigenvalue weighted by molar-refractivity contribution is -0.384. The van der Waals surface area contributed by atoms with Gasteiger partial charge in [-0.05, 0) is 37.6 Å². The van der Waals surface area contributed by atoms with E-state index in [2.05, 4.69) is 10.3 Å². The highest BCUT2D eigenvalue weighted by Gasteiger charge is 2.11. The molecule has 3 rings (SSSR count). The fraction of sp³-hybridized carbons (Fsp3) is 0.158. The largest absolute Gasteiger partial charge is 0.441 e. The fourth-order valence-electron chi connectivity index (χ4n) is 2.45. The molecule has 7 nitrogen and oxygen atoms in total. The van der Waals surface area contributed by atoms with Gasteiger partial charge in [-0.3, -0.25) is 14.9 Å². The van der Waals surface area contributed by atoms with Gasteiger partial charge in [0.1, 0.15) is 5.76 Å². The summed E-state index contributed by atoms with van der Waals surface area (Å²) in [4.78, 5) is 26.8. The molecule has 1 aromatic heterocycles. The summed E-state index contributed by atoms with van der Waals surface area (Å²) in [6.07, 6.45) is 0.124. The molecule has 0 aliphatic carbocycles. The molecule has 1 heterocycles. The first-order valence-electron chi connectivity index (χ1n) is 8.00. The minimum absolute atomic E-state index is 0.00149. The number of benzene rings is 2. The Morgan fingerprint density at radius 3 is 2.54 bits per heavy atom. The van der Waals surface area contributed by atoms with Crippen molar-refractivity contribution in [2.24, 2.45) is 0 Å². The van der Waals surface area contributed by atoms with Crippen LogP contribution in [0, 0.1) is 24.0 Å². The van der Waals surface area contributed by atoms with E-state index in [4.69, 9.17) is 4.42 Å². The Hall–Kier alpha value is -3.48. The molecular weight excluding hydrogens is 334 g/mol. The Kier molecular flexibility index (Phi) is 4.79. The molecular formula is C19H17N3O4. The van der Waals surface area contributed by atoms with Gasteiger partial charge in [-0.15, -0.1) is 0 Å². The number of non-ortho nitro benzene ring substituents is 1. The van der Waals surface area contributed by atoms with E-state index < -0.39 is 4.92 Å². The zero-order valence-corrected chi connectivity index (χ0v) is 14.4. The number of nitro benzene ring substituents is 1. The monoisotopic (exact) mass is 351 g/mol. The molecule has 0 bridgehead atoms. The van der Waals surface area contributed by atoms with Gasteiger partial charge in [0.15, 0.2) is 0 Å². The minimum Gasteiger partial charge on any atom is -0.441 e. The Morgan fingerprint density at radius 2 is 1.92 bits per heavy atom. The van der Waals surface area contributed by atoms with Gasteiger partial charge in [0.25, 0.3) is 5.69 Å². The Balaban J connectivity index is 1.69. The molecule has 2 aromatic carbocycles. The zero-order valence-electron chi connectivity index (χ0n) is 14.4. The van der Waals surface area contributed by atoms with Crippen LogP contribution in [0.2, 0.25) is 0 Å². The van der Waals surface area contributed by atoms with Crippen LogP contribution in [0.3, 0.4) is 0 Å². The second-order valence-electron chi connectivity index (χ2n) is 5.89. The first-order valence-corrected chi connectivity index (χ1v) is 8.00. The number of carbonyl (C=O) groups is 1. The summed E-state index contributed by atoms with van der Waals surface area (Å²) in [6.45, 7) is 3.72. The van der Waals surface area contributed by atoms with E-state index in [0.29, 0.717) is 17.1 Å². The molecule has 7 heteroatoms. The van der Waals surface area contributed by atoms with Crippen molar-refractivity contribution in [3.63, 3.8) is 0 Å². The lowest BCUT2D eigenvalue weighted by atomic mass is 10.1. The van der Waals surface area contributed by atoms with Crippen LogP contribution in [0.25, 0.3) is 11.5 Å². The molecule has 0 atom stereocenters. The van der Waals surface area contributed by atoms with Crippen molar-refractivity contribution >= 4 is 17.3 Å². The van der Waals surface area contributed by atoms with E-state index in [9.17, 15) is 14.9 Å². The summed E-state index contributed by atoms with van der Waals surface area (Å²) < 4.78 is 5.61. The molecule has 0 saturated heterocycles. The van der Waals surface area contributed by atoms with Gasteiger partial charge in [-0.25, -0.2) is 4.98 Å². The van der Waals surface area contributed by atoms with Gasteiger partial charge in [-0.1, -0.05) is 18.2 Å². The van der Waals surface area contributed by atoms with Crippen molar-refractivity contribution in [1.29, 1.82) is 0 Å². The standard InChI is InChI=1S/C19H17N3O4/c1-12-13(2)26-19(20-12)15-4-3-5-16(11-15)21-18(23)10-14-6-8-17(9-7-14)22(24)25/h3-9,11H,10H2,1-2H3,(H,21,23). The summed E-state index contributed by atoms with van der Waals surface area (Å²) in [5.74, 6) is 1.05. The molecule has 0 fully saturated rings. The van der Waals surface area contributed by atoms with Crippen molar-refractivity contribution < 1.29 is 14.1 Å². The Labute approximate surface area is 149 Å². The van der Waals surface area contributed by atoms with Gasteiger partial charge >= 0.3 is 0 Å². The van der Waals surface area contributed by atoms with E-state index >= 15 is 0 Å². The number of nitrogens with one attached hydrogen (secondary N) is 1. The molecule has 132 valence electrons. The molecule has 0 unspecified atom stereocenters. The number of hydrogen-bond donors (Lipinski definition) is 1. The lowest BCUT2D eigenvalue weighted by Crippen LogP contribution is -2.14. The van der Waals surface area contributed by atoms with E-state index in [1.807, 2.05) is 26.0 Å². The number of hydrogen-bond acceptors (Lipinski definition) is 5. The van der Waals surface area contributed by atoms with Crippen molar-refractivity contribution in [3.05, 3.63) is 75.7 Å². The van der Waals surface area contributed by atoms with Crippen molar-refractivity contribution in [2.75, 3.05) is 5.32 Å². The summed E-state index contributed by atoms with van der Waals surface area (Å²) in [7, 11) is 0. The zero-order chi connectivity index (χ0) is 18.7. The maximum atomic E-state index is 12.2. The van der Waals surface area contributed by atoms with E-state index in [0.717, 1.165) is 17.0 Å². The van der Waals surface area contributed by atoms with Crippen LogP contribution in [0.5, 0.6) is 0 Å². The summed E-state index contributed by atoms with van der Waals surface area (Å²) in [5.41, 5.74) is 2.92. The van der Waals surface area contributed by atoms with Crippen molar-refractivity contribution in [1.82, 2.24) is 4.98 Å². The van der Waals surface area contributed by atoms with Crippen LogP contribution in [-0.2, 0) is 11.2 Å². The van der Waals surface area contributed by atoms with Gasteiger partial charge < -0.3 is 9.73 Å². The van der Waals surface area contributed by atoms with Gasteiger partial charge in [0.2, 0.25) is 11.8 Å². The van der Waals surface area contributed by atoms with Gasteiger partial charge in [-0.2, -0.15) is 0 Å². The van der Waals surface area contributed by atoms with Crippen LogP contribution in [-0.4, -0.2) is 15.8 Å². The van der Waals surface area contributed by atoms with Crippen LogP contribution in [0.4, 0.5) is 11.4 Å². The van der Waals surface area contributed by atoms with Crippen LogP contribution in [0.15, 0.2) is 52.9 Å². The van der Waals surface area contributed by atoms with E-state index in [-0.39, 0.29) is 18.0 Å². The number of nitrogens with zero attached hydrogens (tertiary/aromatic N) is 2. The van der Waals surface area contributed by atoms with Gasteiger partial charge in [0, 0.05) is 23.4 Å². The molecule has 1 amide bonds. The molecule has 26 heavy (non-hydrogen) atoms. The number of oxazole rings is 1. The summed E-state index contributed by atoms with van der Waals surface area (Å²) in [5, 5.41) is 13.5. The number of amides is 1. The predicted molar refractivity (Wildman–Crippen MR) is 96.8 cm³/mol. The predicted octanol–water partition coefficient (Wildman–Crippen LogP) is 4.05. The first kappa shape index (κ1) is 17.3. The fourth-order valence-corrected chi connectivity index (χ4v) is 2.45. The summed E-state index contributed by atoms with van der Waals surface area (Å²) in [6, 6.07) is 13.2. The van der Waals surface area contributed by atoms with Crippen molar-refractivity contribution in [2.45, 2.75) is 20.3 Å². The normalized spacial score (nSPS) is 10.5. The third kappa shape index (κ3) is 3.94. The number of carbonyl (C=O) groups excluding carboxylic acids is 1. The summed E-state index contributed by atoms with van der Waals surface area (Å²) >= 11 is 0. The SMILES string of the molecule is Cc1nc(-c2cccc(NC(=O)Cc3ccc([N+](=O)[O-])cc3)c2)oc1C. The van der Waals surface area contributed by atoms with Crippen molar-refractivity contribution in [3.8, 4) is 11.5 Å². The molecule has 0 radical (unpaired) electrons. The van der Waals surface area contributed by atoms with Crippen LogP contribution >= 0.6 is 0 Å². The third-order valence-electron chi connectivity index (χ3n) is 3.93. The maximum Gasteiger partial charge on any atom is 0.269 e. The quantitative estimate of drug-likeness (QED) is 0.552. The second-order valence-corrected chi connectivity index (χ2v) is 5.89. The molecule has 0 aliphatic rings. The molecule has 1 N–H and O–H groups in total. The highest BCUT2D eigenvalue weighted by atomic mass is 16.6. The molecule has 0 spiro atoms. The number of aromatic nitrogens is 1. The topological polar surface area (TPSA) is 98.3 Å². The maximum absolute atomic E-state index is 12.2. The number of aryl methyl sites for hydroxylation is 2. The molecule has 0 aliphatic heterocycles. The second kappa shape index (κ2) is 7.18. The van der Waals surface area contributed by atoms with Crippen LogP contribution in [0.1, 0.15) is 17.0 Å². The highest BCUT2D eigenvalue weighted by Crippen LogP contribution is 2.24. The number of nitro groups is 1. The smallest absolute Gasteiger partial charge is 0.269 e. The Morgan fingerprint density at radius 1 is 1.19 bits per heavy atom. The average Bonchev–Trinajstić information content (AvgIpc) is 2.94. The molecule has 3 aromatic rings. The van der Waals surface area contributed by atoms with Gasteiger partial charge in [0.05, 0.1) is 17.0 Å². The highest BCUT2D eigenvalue weighted by molar-refractivity contribution is 5.92. The van der Waals surface area contributed by atoms with E-state index in [1.165, 1.54) is 12.1 Å². The number of anilines is 1.